The van der Waals surface area contributed by atoms with E-state index < -0.39 is 0 Å². The zero-order chi connectivity index (χ0) is 12.1. The summed E-state index contributed by atoms with van der Waals surface area (Å²) < 4.78 is 10.8. The van der Waals surface area contributed by atoms with E-state index in [1.807, 2.05) is 32.0 Å². The minimum atomic E-state index is -0.0917. The number of ether oxygens (including phenoxy) is 2. The van der Waals surface area contributed by atoms with Crippen LogP contribution in [0, 0.1) is 18.3 Å². The van der Waals surface area contributed by atoms with Gasteiger partial charge in [0.1, 0.15) is 0 Å². The van der Waals surface area contributed by atoms with Crippen molar-refractivity contribution in [3.63, 3.8) is 0 Å². The van der Waals surface area contributed by atoms with E-state index in [9.17, 15) is 0 Å². The van der Waals surface area contributed by atoms with E-state index in [-0.39, 0.29) is 11.8 Å². The molecule has 0 aliphatic carbocycles. The van der Waals surface area contributed by atoms with Gasteiger partial charge in [-0.15, -0.1) is 0 Å². The molecule has 0 saturated heterocycles. The van der Waals surface area contributed by atoms with Crippen LogP contribution in [0.1, 0.15) is 12.5 Å². The Balaban J connectivity index is 2.70. The molecule has 0 fully saturated rings. The van der Waals surface area contributed by atoms with E-state index in [0.29, 0.717) is 18.1 Å². The Hall–Kier alpha value is -1.71. The predicted molar refractivity (Wildman–Crippen MR) is 64.3 cm³/mol. The largest absolute Gasteiger partial charge is 0.493 e. The van der Waals surface area contributed by atoms with Crippen LogP contribution in [0.5, 0.6) is 11.5 Å². The standard InChI is InChI=1S/C12H18N2O2/c1-8-4-5-10(11(6-8)15-3)16-7-9(2)12(13)14/h4-6,9H,7H2,1-3H3,(H3,13,14). The molecule has 4 nitrogen and oxygen atoms in total. The second-order valence-electron chi connectivity index (χ2n) is 3.82. The van der Waals surface area contributed by atoms with E-state index in [4.69, 9.17) is 20.6 Å². The first-order valence-electron chi connectivity index (χ1n) is 5.16. The second-order valence-corrected chi connectivity index (χ2v) is 3.82. The van der Waals surface area contributed by atoms with Crippen molar-refractivity contribution in [3.05, 3.63) is 23.8 Å². The number of methoxy groups -OCH3 is 1. The van der Waals surface area contributed by atoms with Gasteiger partial charge < -0.3 is 15.2 Å². The Morgan fingerprint density at radius 2 is 2.12 bits per heavy atom. The van der Waals surface area contributed by atoms with E-state index >= 15 is 0 Å². The zero-order valence-electron chi connectivity index (χ0n) is 9.91. The minimum Gasteiger partial charge on any atom is -0.493 e. The molecule has 3 N–H and O–H groups in total. The summed E-state index contributed by atoms with van der Waals surface area (Å²) >= 11 is 0. The maximum atomic E-state index is 7.27. The first-order chi connectivity index (χ1) is 7.54. The van der Waals surface area contributed by atoms with E-state index in [0.717, 1.165) is 5.56 Å². The van der Waals surface area contributed by atoms with Crippen molar-refractivity contribution >= 4 is 5.84 Å². The van der Waals surface area contributed by atoms with Gasteiger partial charge in [-0.05, 0) is 24.6 Å². The maximum absolute atomic E-state index is 7.27. The predicted octanol–water partition coefficient (Wildman–Crippen LogP) is 1.95. The van der Waals surface area contributed by atoms with Crippen LogP contribution >= 0.6 is 0 Å². The van der Waals surface area contributed by atoms with Crippen LogP contribution < -0.4 is 15.2 Å². The molecule has 0 saturated carbocycles. The lowest BCUT2D eigenvalue weighted by molar-refractivity contribution is 0.274. The van der Waals surface area contributed by atoms with Crippen molar-refractivity contribution in [1.82, 2.24) is 0 Å². The molecular formula is C12H18N2O2. The number of aryl methyl sites for hydroxylation is 1. The van der Waals surface area contributed by atoms with Crippen molar-refractivity contribution in [3.8, 4) is 11.5 Å². The monoisotopic (exact) mass is 222 g/mol. The Morgan fingerprint density at radius 1 is 1.44 bits per heavy atom. The second kappa shape index (κ2) is 5.39. The van der Waals surface area contributed by atoms with Crippen LogP contribution in [0.4, 0.5) is 0 Å². The van der Waals surface area contributed by atoms with Gasteiger partial charge in [0.15, 0.2) is 11.5 Å². The quantitative estimate of drug-likeness (QED) is 0.591. The average molecular weight is 222 g/mol. The Bertz CT molecular complexity index is 377. The molecule has 1 aromatic rings. The van der Waals surface area contributed by atoms with Crippen LogP contribution in [0.3, 0.4) is 0 Å². The Kier molecular flexibility index (Phi) is 4.17. The first kappa shape index (κ1) is 12.4. The summed E-state index contributed by atoms with van der Waals surface area (Å²) in [5, 5.41) is 7.27. The molecule has 1 unspecified atom stereocenters. The molecule has 0 spiro atoms. The Morgan fingerprint density at radius 3 is 2.69 bits per heavy atom. The molecule has 16 heavy (non-hydrogen) atoms. The van der Waals surface area contributed by atoms with Gasteiger partial charge in [-0.2, -0.15) is 0 Å². The highest BCUT2D eigenvalue weighted by Crippen LogP contribution is 2.28. The minimum absolute atomic E-state index is 0.0917. The van der Waals surface area contributed by atoms with Crippen molar-refractivity contribution in [2.75, 3.05) is 13.7 Å². The molecule has 0 aliphatic rings. The number of rotatable bonds is 5. The molecule has 1 atom stereocenters. The van der Waals surface area contributed by atoms with E-state index in [2.05, 4.69) is 0 Å². The summed E-state index contributed by atoms with van der Waals surface area (Å²) in [6, 6.07) is 5.73. The molecule has 0 amide bonds. The van der Waals surface area contributed by atoms with Gasteiger partial charge in [-0.1, -0.05) is 13.0 Å². The molecule has 0 aliphatic heterocycles. The molecule has 0 bridgehead atoms. The highest BCUT2D eigenvalue weighted by atomic mass is 16.5. The third-order valence-electron chi connectivity index (χ3n) is 2.34. The normalized spacial score (nSPS) is 11.9. The number of nitrogens with one attached hydrogen (secondary N) is 1. The van der Waals surface area contributed by atoms with Gasteiger partial charge in [0, 0.05) is 5.92 Å². The fraction of sp³-hybridized carbons (Fsp3) is 0.417. The Labute approximate surface area is 95.9 Å². The van der Waals surface area contributed by atoms with Crippen LogP contribution in [-0.2, 0) is 0 Å². The highest BCUT2D eigenvalue weighted by Gasteiger charge is 2.09. The molecular weight excluding hydrogens is 204 g/mol. The van der Waals surface area contributed by atoms with Crippen LogP contribution in [-0.4, -0.2) is 19.6 Å². The van der Waals surface area contributed by atoms with Gasteiger partial charge in [0.2, 0.25) is 0 Å². The number of hydrogen-bond acceptors (Lipinski definition) is 3. The summed E-state index contributed by atoms with van der Waals surface area (Å²) in [7, 11) is 1.61. The van der Waals surface area contributed by atoms with E-state index in [1.165, 1.54) is 0 Å². The fourth-order valence-electron chi connectivity index (χ4n) is 1.20. The van der Waals surface area contributed by atoms with Gasteiger partial charge in [-0.25, -0.2) is 0 Å². The molecule has 0 heterocycles. The van der Waals surface area contributed by atoms with Crippen molar-refractivity contribution < 1.29 is 9.47 Å². The van der Waals surface area contributed by atoms with E-state index in [1.54, 1.807) is 7.11 Å². The van der Waals surface area contributed by atoms with Gasteiger partial charge in [0.05, 0.1) is 19.6 Å². The molecule has 0 aromatic heterocycles. The van der Waals surface area contributed by atoms with Gasteiger partial charge in [0.25, 0.3) is 0 Å². The van der Waals surface area contributed by atoms with Crippen LogP contribution in [0.25, 0.3) is 0 Å². The number of amidine groups is 1. The zero-order valence-corrected chi connectivity index (χ0v) is 9.91. The van der Waals surface area contributed by atoms with Crippen LogP contribution in [0.15, 0.2) is 18.2 Å². The average Bonchev–Trinajstić information content (AvgIpc) is 2.26. The van der Waals surface area contributed by atoms with Gasteiger partial charge in [-0.3, -0.25) is 5.41 Å². The lowest BCUT2D eigenvalue weighted by Gasteiger charge is -2.14. The summed E-state index contributed by atoms with van der Waals surface area (Å²) in [6.45, 7) is 4.22. The summed E-state index contributed by atoms with van der Waals surface area (Å²) in [5.41, 5.74) is 6.48. The summed E-state index contributed by atoms with van der Waals surface area (Å²) in [6.07, 6.45) is 0. The first-order valence-corrected chi connectivity index (χ1v) is 5.16. The summed E-state index contributed by atoms with van der Waals surface area (Å²) in [4.78, 5) is 0. The maximum Gasteiger partial charge on any atom is 0.161 e. The van der Waals surface area contributed by atoms with Crippen molar-refractivity contribution in [2.45, 2.75) is 13.8 Å². The third kappa shape index (κ3) is 3.15. The van der Waals surface area contributed by atoms with Crippen molar-refractivity contribution in [1.29, 1.82) is 5.41 Å². The lowest BCUT2D eigenvalue weighted by Crippen LogP contribution is -2.25. The van der Waals surface area contributed by atoms with Crippen molar-refractivity contribution in [2.24, 2.45) is 11.7 Å². The highest BCUT2D eigenvalue weighted by molar-refractivity contribution is 5.79. The lowest BCUT2D eigenvalue weighted by atomic mass is 10.2. The summed E-state index contributed by atoms with van der Waals surface area (Å²) in [5.74, 6) is 1.43. The topological polar surface area (TPSA) is 68.3 Å². The van der Waals surface area contributed by atoms with Gasteiger partial charge >= 0.3 is 0 Å². The third-order valence-corrected chi connectivity index (χ3v) is 2.34. The number of hydrogen-bond donors (Lipinski definition) is 2. The molecule has 88 valence electrons. The molecule has 4 heteroatoms. The number of nitrogens with two attached hydrogens (primary N) is 1. The molecule has 1 aromatic carbocycles. The van der Waals surface area contributed by atoms with Crippen LogP contribution in [0.2, 0.25) is 0 Å². The smallest absolute Gasteiger partial charge is 0.161 e. The SMILES string of the molecule is COc1cc(C)ccc1OCC(C)C(=N)N. The number of benzene rings is 1. The molecule has 1 rings (SSSR count). The molecule has 0 radical (unpaired) electrons. The fourth-order valence-corrected chi connectivity index (χ4v) is 1.20.